The molecule has 0 radical (unpaired) electrons. The lowest BCUT2D eigenvalue weighted by Crippen LogP contribution is -2.13. The number of hydrogen-bond acceptors (Lipinski definition) is 5. The van der Waals surface area contributed by atoms with Gasteiger partial charge in [-0.2, -0.15) is 0 Å². The third-order valence-corrected chi connectivity index (χ3v) is 3.02. The maximum absolute atomic E-state index is 13.7. The zero-order valence-corrected chi connectivity index (χ0v) is 11.3. The Labute approximate surface area is 118 Å². The van der Waals surface area contributed by atoms with Gasteiger partial charge in [-0.3, -0.25) is 10.1 Å². The number of carbonyl (C=O) groups excluding carboxylic acids is 1. The summed E-state index contributed by atoms with van der Waals surface area (Å²) < 4.78 is 13.7. The molecule has 0 atom stereocenters. The van der Waals surface area contributed by atoms with Gasteiger partial charge in [-0.25, -0.2) is 4.39 Å². The Morgan fingerprint density at radius 2 is 2.30 bits per heavy atom. The average molecular weight is 291 g/mol. The van der Waals surface area contributed by atoms with E-state index in [2.05, 4.69) is 27.4 Å². The number of carbonyl (C=O) groups is 1. The molecular weight excluding hydrogens is 281 g/mol. The first-order valence-corrected chi connectivity index (χ1v) is 6.42. The van der Waals surface area contributed by atoms with Crippen molar-refractivity contribution >= 4 is 22.4 Å². The number of aryl methyl sites for hydroxylation is 1. The predicted octanol–water partition coefficient (Wildman–Crippen LogP) is 1.58. The first kappa shape index (κ1) is 14.1. The monoisotopic (exact) mass is 291 g/mol. The number of anilines is 1. The third-order valence-electron chi connectivity index (χ3n) is 2.27. The lowest BCUT2D eigenvalue weighted by molar-refractivity contribution is 0.102. The molecule has 1 amide bonds. The number of rotatable bonds is 2. The molecule has 1 aromatic carbocycles. The molecule has 0 saturated heterocycles. The van der Waals surface area contributed by atoms with Crippen LogP contribution < -0.4 is 5.32 Å². The summed E-state index contributed by atoms with van der Waals surface area (Å²) in [5.41, 5.74) is 0.307. The molecule has 102 valence electrons. The molecule has 1 heterocycles. The fraction of sp³-hybridized carbons (Fsp3) is 0.154. The van der Waals surface area contributed by atoms with Crippen molar-refractivity contribution in [3.8, 4) is 11.8 Å². The second kappa shape index (κ2) is 6.23. The van der Waals surface area contributed by atoms with E-state index in [0.29, 0.717) is 15.7 Å². The topological polar surface area (TPSA) is 75.1 Å². The number of nitrogens with one attached hydrogen (secondary N) is 1. The maximum Gasteiger partial charge on any atom is 0.260 e. The first-order valence-electron chi connectivity index (χ1n) is 5.61. The molecule has 20 heavy (non-hydrogen) atoms. The van der Waals surface area contributed by atoms with Crippen molar-refractivity contribution in [3.05, 3.63) is 40.2 Å². The first-order chi connectivity index (χ1) is 9.60. The van der Waals surface area contributed by atoms with E-state index >= 15 is 0 Å². The van der Waals surface area contributed by atoms with Gasteiger partial charge in [0, 0.05) is 5.56 Å². The number of aliphatic hydroxyl groups excluding tert-OH is 1. The highest BCUT2D eigenvalue weighted by molar-refractivity contribution is 7.15. The third kappa shape index (κ3) is 3.38. The van der Waals surface area contributed by atoms with Crippen molar-refractivity contribution in [1.29, 1.82) is 0 Å². The highest BCUT2D eigenvalue weighted by atomic mass is 32.1. The van der Waals surface area contributed by atoms with E-state index in [-0.39, 0.29) is 12.2 Å². The molecular formula is C13H10FN3O2S. The molecule has 0 aliphatic carbocycles. The molecule has 2 rings (SSSR count). The van der Waals surface area contributed by atoms with Gasteiger partial charge in [0.2, 0.25) is 5.13 Å². The predicted molar refractivity (Wildman–Crippen MR) is 73.0 cm³/mol. The maximum atomic E-state index is 13.7. The minimum absolute atomic E-state index is 0.136. The highest BCUT2D eigenvalue weighted by Gasteiger charge is 2.14. The minimum Gasteiger partial charge on any atom is -0.384 e. The largest absolute Gasteiger partial charge is 0.384 e. The van der Waals surface area contributed by atoms with Gasteiger partial charge in [0.15, 0.2) is 0 Å². The standard InChI is InChI=1S/C13H10FN3O2S/c1-8-16-17-13(20-8)15-12(19)10-7-9(3-2-6-18)4-5-11(10)14/h4-5,7,18H,6H2,1H3,(H,15,17,19). The lowest BCUT2D eigenvalue weighted by Gasteiger charge is -2.03. The molecule has 0 saturated carbocycles. The van der Waals surface area contributed by atoms with E-state index in [1.54, 1.807) is 6.92 Å². The number of aromatic nitrogens is 2. The molecule has 2 N–H and O–H groups in total. The van der Waals surface area contributed by atoms with Gasteiger partial charge in [-0.15, -0.1) is 10.2 Å². The zero-order valence-electron chi connectivity index (χ0n) is 10.5. The Bertz CT molecular complexity index is 703. The van der Waals surface area contributed by atoms with Gasteiger partial charge < -0.3 is 5.11 Å². The van der Waals surface area contributed by atoms with Gasteiger partial charge in [0.1, 0.15) is 17.4 Å². The number of benzene rings is 1. The molecule has 0 spiro atoms. The Kier molecular flexibility index (Phi) is 4.40. The summed E-state index contributed by atoms with van der Waals surface area (Å²) in [6, 6.07) is 3.91. The molecule has 2 aromatic rings. The van der Waals surface area contributed by atoms with Crippen molar-refractivity contribution in [2.45, 2.75) is 6.92 Å². The summed E-state index contributed by atoms with van der Waals surface area (Å²) in [6.45, 7) is 1.45. The van der Waals surface area contributed by atoms with Crippen LogP contribution in [0.2, 0.25) is 0 Å². The number of aliphatic hydroxyl groups is 1. The zero-order chi connectivity index (χ0) is 14.5. The van der Waals surface area contributed by atoms with Gasteiger partial charge in [0.05, 0.1) is 5.56 Å². The SMILES string of the molecule is Cc1nnc(NC(=O)c2cc(C#CCO)ccc2F)s1. The second-order valence-electron chi connectivity index (χ2n) is 3.73. The molecule has 0 aliphatic rings. The van der Waals surface area contributed by atoms with E-state index < -0.39 is 11.7 Å². The molecule has 7 heteroatoms. The van der Waals surface area contributed by atoms with Crippen molar-refractivity contribution in [3.63, 3.8) is 0 Å². The summed E-state index contributed by atoms with van der Waals surface area (Å²) in [5, 5.41) is 19.6. The quantitative estimate of drug-likeness (QED) is 0.824. The van der Waals surface area contributed by atoms with E-state index in [4.69, 9.17) is 5.11 Å². The van der Waals surface area contributed by atoms with E-state index in [1.807, 2.05) is 0 Å². The van der Waals surface area contributed by atoms with Crippen molar-refractivity contribution in [2.75, 3.05) is 11.9 Å². The summed E-state index contributed by atoms with van der Waals surface area (Å²) in [6.07, 6.45) is 0. The Morgan fingerprint density at radius 3 is 2.95 bits per heavy atom. The van der Waals surface area contributed by atoms with Crippen LogP contribution in [0.15, 0.2) is 18.2 Å². The van der Waals surface area contributed by atoms with E-state index in [9.17, 15) is 9.18 Å². The number of nitrogens with zero attached hydrogens (tertiary/aromatic N) is 2. The second-order valence-corrected chi connectivity index (χ2v) is 4.92. The molecule has 5 nitrogen and oxygen atoms in total. The van der Waals surface area contributed by atoms with Crippen LogP contribution in [-0.2, 0) is 0 Å². The van der Waals surface area contributed by atoms with Crippen LogP contribution in [0.25, 0.3) is 0 Å². The summed E-state index contributed by atoms with van der Waals surface area (Å²) >= 11 is 1.20. The molecule has 1 aromatic heterocycles. The fourth-order valence-corrected chi connectivity index (χ4v) is 2.02. The Hall–Kier alpha value is -2.30. The van der Waals surface area contributed by atoms with Crippen LogP contribution in [0.3, 0.4) is 0 Å². The van der Waals surface area contributed by atoms with Gasteiger partial charge in [-0.05, 0) is 25.1 Å². The van der Waals surface area contributed by atoms with Gasteiger partial charge >= 0.3 is 0 Å². The molecule has 0 aliphatic heterocycles. The van der Waals surface area contributed by atoms with Gasteiger partial charge in [-0.1, -0.05) is 23.2 Å². The summed E-state index contributed by atoms with van der Waals surface area (Å²) in [4.78, 5) is 12.0. The van der Waals surface area contributed by atoms with E-state index in [1.165, 1.54) is 23.5 Å². The highest BCUT2D eigenvalue weighted by Crippen LogP contribution is 2.17. The van der Waals surface area contributed by atoms with Crippen LogP contribution in [-0.4, -0.2) is 27.8 Å². The number of halogens is 1. The summed E-state index contributed by atoms with van der Waals surface area (Å²) in [7, 11) is 0. The van der Waals surface area contributed by atoms with Crippen molar-refractivity contribution in [1.82, 2.24) is 10.2 Å². The van der Waals surface area contributed by atoms with Crippen LogP contribution >= 0.6 is 11.3 Å². The molecule has 0 unspecified atom stereocenters. The number of hydrogen-bond donors (Lipinski definition) is 2. The number of amides is 1. The fourth-order valence-electron chi connectivity index (χ4n) is 1.43. The van der Waals surface area contributed by atoms with Crippen LogP contribution in [0.1, 0.15) is 20.9 Å². The van der Waals surface area contributed by atoms with Gasteiger partial charge in [0.25, 0.3) is 5.91 Å². The Morgan fingerprint density at radius 1 is 1.50 bits per heavy atom. The molecule has 0 fully saturated rings. The van der Waals surface area contributed by atoms with Crippen molar-refractivity contribution in [2.24, 2.45) is 0 Å². The van der Waals surface area contributed by atoms with Crippen molar-refractivity contribution < 1.29 is 14.3 Å². The normalized spacial score (nSPS) is 9.75. The van der Waals surface area contributed by atoms with Crippen LogP contribution in [0.4, 0.5) is 9.52 Å². The smallest absolute Gasteiger partial charge is 0.260 e. The lowest BCUT2D eigenvalue weighted by atomic mass is 10.1. The Balaban J connectivity index is 2.24. The minimum atomic E-state index is -0.654. The average Bonchev–Trinajstić information content (AvgIpc) is 2.83. The molecule has 0 bridgehead atoms. The van der Waals surface area contributed by atoms with E-state index in [0.717, 1.165) is 6.07 Å². The van der Waals surface area contributed by atoms with Crippen LogP contribution in [0, 0.1) is 24.6 Å². The van der Waals surface area contributed by atoms with Crippen LogP contribution in [0.5, 0.6) is 0 Å². The summed E-state index contributed by atoms with van der Waals surface area (Å²) in [5.74, 6) is 3.77.